The number of nitrogens with zero attached hydrogens (tertiary/aromatic N) is 2. The average Bonchev–Trinajstić information content (AvgIpc) is 2.74. The van der Waals surface area contributed by atoms with Crippen molar-refractivity contribution in [3.63, 3.8) is 0 Å². The van der Waals surface area contributed by atoms with Gasteiger partial charge in [0.15, 0.2) is 0 Å². The largest absolute Gasteiger partial charge is 0.326 e. The van der Waals surface area contributed by atoms with E-state index >= 15 is 0 Å². The summed E-state index contributed by atoms with van der Waals surface area (Å²) in [5.41, 5.74) is 9.06. The molecule has 4 nitrogen and oxygen atoms in total. The highest BCUT2D eigenvalue weighted by atomic mass is 16.1. The van der Waals surface area contributed by atoms with Crippen LogP contribution in [0, 0.1) is 0 Å². The van der Waals surface area contributed by atoms with E-state index in [1.807, 2.05) is 24.7 Å². The molecule has 4 heteroatoms. The molecule has 0 aromatic carbocycles. The molecule has 1 aromatic rings. The van der Waals surface area contributed by atoms with E-state index in [1.54, 1.807) is 0 Å². The molecule has 0 fully saturated rings. The molecule has 0 radical (unpaired) electrons. The van der Waals surface area contributed by atoms with Crippen LogP contribution in [0.4, 0.5) is 0 Å². The van der Waals surface area contributed by atoms with Gasteiger partial charge in [0.1, 0.15) is 0 Å². The Morgan fingerprint density at radius 1 is 1.41 bits per heavy atom. The van der Waals surface area contributed by atoms with Gasteiger partial charge >= 0.3 is 0 Å². The lowest BCUT2D eigenvalue weighted by atomic mass is 10.1. The Morgan fingerprint density at radius 3 is 2.82 bits per heavy atom. The zero-order chi connectivity index (χ0) is 12.4. The molecule has 0 spiro atoms. The van der Waals surface area contributed by atoms with Crippen LogP contribution in [0.15, 0.2) is 10.9 Å². The van der Waals surface area contributed by atoms with E-state index in [1.165, 1.54) is 11.3 Å². The van der Waals surface area contributed by atoms with E-state index in [0.29, 0.717) is 6.54 Å². The Balaban J connectivity index is 2.41. The molecule has 0 atom stereocenters. The maximum atomic E-state index is 12.2. The van der Waals surface area contributed by atoms with E-state index in [2.05, 4.69) is 4.90 Å². The smallest absolute Gasteiger partial charge is 0.255 e. The Labute approximate surface area is 102 Å². The van der Waals surface area contributed by atoms with Crippen molar-refractivity contribution >= 4 is 0 Å². The van der Waals surface area contributed by atoms with Crippen LogP contribution in [0.25, 0.3) is 0 Å². The fourth-order valence-electron chi connectivity index (χ4n) is 2.47. The lowest BCUT2D eigenvalue weighted by Crippen LogP contribution is -2.32. The van der Waals surface area contributed by atoms with Crippen molar-refractivity contribution in [3.8, 4) is 0 Å². The quantitative estimate of drug-likeness (QED) is 0.819. The summed E-state index contributed by atoms with van der Waals surface area (Å²) in [6.45, 7) is 2.00. The lowest BCUT2D eigenvalue weighted by Gasteiger charge is -2.16. The van der Waals surface area contributed by atoms with Crippen molar-refractivity contribution in [2.24, 2.45) is 5.73 Å². The highest BCUT2D eigenvalue weighted by molar-refractivity contribution is 5.30. The molecule has 0 aliphatic heterocycles. The highest BCUT2D eigenvalue weighted by Gasteiger charge is 2.18. The van der Waals surface area contributed by atoms with E-state index in [9.17, 15) is 4.79 Å². The van der Waals surface area contributed by atoms with E-state index < -0.39 is 0 Å². The third-order valence-electron chi connectivity index (χ3n) is 3.42. The number of aromatic nitrogens is 1. The molecule has 2 N–H and O–H groups in total. The Bertz CT molecular complexity index is 462. The summed E-state index contributed by atoms with van der Waals surface area (Å²) in [6, 6.07) is 2.01. The van der Waals surface area contributed by atoms with Crippen LogP contribution in [0.1, 0.15) is 23.2 Å². The molecule has 17 heavy (non-hydrogen) atoms. The van der Waals surface area contributed by atoms with Gasteiger partial charge in [-0.15, -0.1) is 0 Å². The first-order valence-electron chi connectivity index (χ1n) is 6.22. The number of fused-ring (bicyclic) bond motifs is 1. The molecule has 0 saturated carbocycles. The van der Waals surface area contributed by atoms with Gasteiger partial charge in [-0.2, -0.15) is 0 Å². The number of nitrogens with two attached hydrogens (primary N) is 1. The van der Waals surface area contributed by atoms with Gasteiger partial charge in [0.25, 0.3) is 5.56 Å². The number of pyridine rings is 1. The minimum atomic E-state index is 0.106. The third-order valence-corrected chi connectivity index (χ3v) is 3.42. The van der Waals surface area contributed by atoms with Gasteiger partial charge in [-0.3, -0.25) is 4.79 Å². The highest BCUT2D eigenvalue weighted by Crippen LogP contribution is 2.21. The Hall–Kier alpha value is -1.13. The molecule has 1 aliphatic rings. The van der Waals surface area contributed by atoms with Crippen molar-refractivity contribution in [3.05, 3.63) is 33.2 Å². The topological polar surface area (TPSA) is 51.3 Å². The van der Waals surface area contributed by atoms with Crippen molar-refractivity contribution in [1.29, 1.82) is 0 Å². The van der Waals surface area contributed by atoms with E-state index in [-0.39, 0.29) is 5.56 Å². The van der Waals surface area contributed by atoms with Crippen LogP contribution in [0.3, 0.4) is 0 Å². The number of hydrogen-bond donors (Lipinski definition) is 1. The van der Waals surface area contributed by atoms with Crippen LogP contribution in [0.2, 0.25) is 0 Å². The fraction of sp³-hybridized carbons (Fsp3) is 0.615. The van der Waals surface area contributed by atoms with E-state index in [0.717, 1.165) is 37.9 Å². The summed E-state index contributed by atoms with van der Waals surface area (Å²) in [7, 11) is 4.05. The first kappa shape index (κ1) is 12.3. The van der Waals surface area contributed by atoms with Gasteiger partial charge in [0, 0.05) is 30.9 Å². The van der Waals surface area contributed by atoms with E-state index in [4.69, 9.17) is 5.73 Å². The van der Waals surface area contributed by atoms with Gasteiger partial charge in [-0.1, -0.05) is 0 Å². The van der Waals surface area contributed by atoms with Crippen molar-refractivity contribution in [1.82, 2.24) is 9.47 Å². The number of aryl methyl sites for hydroxylation is 1. The Kier molecular flexibility index (Phi) is 3.64. The summed E-state index contributed by atoms with van der Waals surface area (Å²) >= 11 is 0. The van der Waals surface area contributed by atoms with Crippen LogP contribution in [0.5, 0.6) is 0 Å². The van der Waals surface area contributed by atoms with Crippen molar-refractivity contribution < 1.29 is 0 Å². The first-order chi connectivity index (χ1) is 8.13. The van der Waals surface area contributed by atoms with Gasteiger partial charge in [-0.25, -0.2) is 0 Å². The monoisotopic (exact) mass is 235 g/mol. The molecule has 0 saturated heterocycles. The molecule has 0 amide bonds. The SMILES string of the molecule is CN(C)CCn1c2c(cc(CN)c1=O)CCC2. The first-order valence-corrected chi connectivity index (χ1v) is 6.22. The van der Waals surface area contributed by atoms with Crippen molar-refractivity contribution in [2.75, 3.05) is 20.6 Å². The predicted octanol–water partition coefficient (Wildman–Crippen LogP) is 0.357. The molecule has 2 rings (SSSR count). The number of likely N-dealkylation sites (N-methyl/N-ethyl adjacent to an activating group) is 1. The summed E-state index contributed by atoms with van der Waals surface area (Å²) in [4.78, 5) is 14.3. The lowest BCUT2D eigenvalue weighted by molar-refractivity contribution is 0.377. The predicted molar refractivity (Wildman–Crippen MR) is 69.2 cm³/mol. The second kappa shape index (κ2) is 5.02. The minimum absolute atomic E-state index is 0.106. The zero-order valence-corrected chi connectivity index (χ0v) is 10.7. The molecular formula is C13H21N3O. The second-order valence-electron chi connectivity index (χ2n) is 4.96. The number of rotatable bonds is 4. The van der Waals surface area contributed by atoms with Gasteiger partial charge in [-0.05, 0) is 45.0 Å². The fourth-order valence-corrected chi connectivity index (χ4v) is 2.47. The van der Waals surface area contributed by atoms with Crippen LogP contribution < -0.4 is 11.3 Å². The summed E-state index contributed by atoms with van der Waals surface area (Å²) in [6.07, 6.45) is 3.28. The second-order valence-corrected chi connectivity index (χ2v) is 4.96. The molecule has 0 unspecified atom stereocenters. The molecule has 1 aliphatic carbocycles. The summed E-state index contributed by atoms with van der Waals surface area (Å²) in [5, 5.41) is 0. The van der Waals surface area contributed by atoms with Crippen LogP contribution in [-0.4, -0.2) is 30.1 Å². The van der Waals surface area contributed by atoms with Crippen molar-refractivity contribution in [2.45, 2.75) is 32.4 Å². The van der Waals surface area contributed by atoms with Gasteiger partial charge in [0.05, 0.1) is 0 Å². The molecular weight excluding hydrogens is 214 g/mol. The molecule has 0 bridgehead atoms. The van der Waals surface area contributed by atoms with Crippen LogP contribution in [-0.2, 0) is 25.9 Å². The summed E-state index contributed by atoms with van der Waals surface area (Å²) < 4.78 is 1.94. The zero-order valence-electron chi connectivity index (χ0n) is 10.7. The molecule has 1 heterocycles. The average molecular weight is 235 g/mol. The summed E-state index contributed by atoms with van der Waals surface area (Å²) in [5.74, 6) is 0. The normalized spacial score (nSPS) is 14.4. The maximum absolute atomic E-state index is 12.2. The van der Waals surface area contributed by atoms with Gasteiger partial charge in [0.2, 0.25) is 0 Å². The third kappa shape index (κ3) is 2.42. The molecule has 1 aromatic heterocycles. The Morgan fingerprint density at radius 2 is 2.18 bits per heavy atom. The maximum Gasteiger partial charge on any atom is 0.255 e. The van der Waals surface area contributed by atoms with Crippen LogP contribution >= 0.6 is 0 Å². The molecule has 94 valence electrons. The minimum Gasteiger partial charge on any atom is -0.326 e. The standard InChI is InChI=1S/C13H21N3O/c1-15(2)6-7-16-12-5-3-4-10(12)8-11(9-14)13(16)17/h8H,3-7,9,14H2,1-2H3. The van der Waals surface area contributed by atoms with Gasteiger partial charge < -0.3 is 15.2 Å². The number of hydrogen-bond acceptors (Lipinski definition) is 3.